The van der Waals surface area contributed by atoms with Gasteiger partial charge in [0.15, 0.2) is 0 Å². The molecular weight excluding hydrogens is 268 g/mol. The van der Waals surface area contributed by atoms with Crippen molar-refractivity contribution in [1.29, 1.82) is 0 Å². The first-order valence-corrected chi connectivity index (χ1v) is 7.96. The van der Waals surface area contributed by atoms with Gasteiger partial charge in [0.1, 0.15) is 5.01 Å². The van der Waals surface area contributed by atoms with Crippen LogP contribution >= 0.6 is 11.3 Å². The van der Waals surface area contributed by atoms with Gasteiger partial charge < -0.3 is 5.32 Å². The first-order chi connectivity index (χ1) is 9.42. The third-order valence-electron chi connectivity index (χ3n) is 3.38. The summed E-state index contributed by atoms with van der Waals surface area (Å²) in [6.45, 7) is 10.7. The maximum Gasteiger partial charge on any atom is 0.115 e. The lowest BCUT2D eigenvalue weighted by molar-refractivity contribution is 0.524. The van der Waals surface area contributed by atoms with Crippen molar-refractivity contribution in [3.8, 4) is 0 Å². The van der Waals surface area contributed by atoms with Crippen LogP contribution in [0, 0.1) is 13.8 Å². The summed E-state index contributed by atoms with van der Waals surface area (Å²) in [5, 5.41) is 9.34. The fourth-order valence-corrected chi connectivity index (χ4v) is 3.32. The molecule has 2 aromatic heterocycles. The van der Waals surface area contributed by atoms with Crippen molar-refractivity contribution in [1.82, 2.24) is 20.1 Å². The van der Waals surface area contributed by atoms with Crippen molar-refractivity contribution < 1.29 is 0 Å². The molecule has 2 heterocycles. The van der Waals surface area contributed by atoms with E-state index in [0.717, 1.165) is 22.8 Å². The molecule has 5 heteroatoms. The molecule has 0 fully saturated rings. The van der Waals surface area contributed by atoms with Crippen molar-refractivity contribution in [2.24, 2.45) is 7.05 Å². The van der Waals surface area contributed by atoms with Gasteiger partial charge in [-0.15, -0.1) is 11.3 Å². The smallest absolute Gasteiger partial charge is 0.115 e. The van der Waals surface area contributed by atoms with Crippen LogP contribution in [0.5, 0.6) is 0 Å². The van der Waals surface area contributed by atoms with E-state index in [0.29, 0.717) is 6.04 Å². The van der Waals surface area contributed by atoms with E-state index in [2.05, 4.69) is 51.2 Å². The van der Waals surface area contributed by atoms with Gasteiger partial charge in [0.2, 0.25) is 0 Å². The fraction of sp³-hybridized carbons (Fsp3) is 0.600. The highest BCUT2D eigenvalue weighted by molar-refractivity contribution is 7.11. The molecule has 0 aromatic carbocycles. The van der Waals surface area contributed by atoms with Crippen molar-refractivity contribution in [2.45, 2.75) is 53.1 Å². The molecule has 4 nitrogen and oxygen atoms in total. The molecule has 0 aliphatic heterocycles. The number of aryl methyl sites for hydroxylation is 4. The topological polar surface area (TPSA) is 42.7 Å². The second-order valence-electron chi connectivity index (χ2n) is 5.51. The first kappa shape index (κ1) is 15.2. The second kappa shape index (κ2) is 6.06. The molecule has 0 radical (unpaired) electrons. The Kier molecular flexibility index (Phi) is 4.60. The van der Waals surface area contributed by atoms with Crippen molar-refractivity contribution in [2.75, 3.05) is 0 Å². The Balaban J connectivity index is 2.46. The van der Waals surface area contributed by atoms with Gasteiger partial charge in [0.05, 0.1) is 17.4 Å². The summed E-state index contributed by atoms with van der Waals surface area (Å²) in [4.78, 5) is 6.03. The highest BCUT2D eigenvalue weighted by Crippen LogP contribution is 2.30. The van der Waals surface area contributed by atoms with Gasteiger partial charge >= 0.3 is 0 Å². The van der Waals surface area contributed by atoms with Crippen molar-refractivity contribution in [3.05, 3.63) is 33.0 Å². The lowest BCUT2D eigenvalue weighted by atomic mass is 10.1. The minimum absolute atomic E-state index is 0.135. The van der Waals surface area contributed by atoms with E-state index in [-0.39, 0.29) is 6.04 Å². The number of hydrogen-bond acceptors (Lipinski definition) is 4. The quantitative estimate of drug-likeness (QED) is 0.920. The van der Waals surface area contributed by atoms with Crippen LogP contribution in [0.25, 0.3) is 0 Å². The largest absolute Gasteiger partial charge is 0.302 e. The van der Waals surface area contributed by atoms with Crippen LogP contribution in [0.15, 0.2) is 6.20 Å². The highest BCUT2D eigenvalue weighted by atomic mass is 32.1. The Morgan fingerprint density at radius 2 is 2.05 bits per heavy atom. The van der Waals surface area contributed by atoms with Crippen LogP contribution in [-0.4, -0.2) is 20.8 Å². The van der Waals surface area contributed by atoms with Gasteiger partial charge in [-0.25, -0.2) is 4.98 Å². The summed E-state index contributed by atoms with van der Waals surface area (Å²) >= 11 is 1.78. The molecule has 0 bridgehead atoms. The molecule has 0 saturated carbocycles. The van der Waals surface area contributed by atoms with Gasteiger partial charge in [-0.2, -0.15) is 5.10 Å². The van der Waals surface area contributed by atoms with Gasteiger partial charge in [0.25, 0.3) is 0 Å². The van der Waals surface area contributed by atoms with Crippen molar-refractivity contribution in [3.63, 3.8) is 0 Å². The Bertz CT molecular complexity index is 563. The van der Waals surface area contributed by atoms with E-state index >= 15 is 0 Å². The van der Waals surface area contributed by atoms with Crippen LogP contribution in [0.3, 0.4) is 0 Å². The average Bonchev–Trinajstić information content (AvgIpc) is 2.90. The zero-order valence-corrected chi connectivity index (χ0v) is 14.0. The number of thiazole rings is 1. The number of nitrogens with one attached hydrogen (secondary N) is 1. The minimum atomic E-state index is 0.135. The Morgan fingerprint density at radius 1 is 1.35 bits per heavy atom. The Morgan fingerprint density at radius 3 is 2.55 bits per heavy atom. The van der Waals surface area contributed by atoms with Crippen LogP contribution in [0.1, 0.15) is 53.6 Å². The molecule has 20 heavy (non-hydrogen) atoms. The molecule has 0 aliphatic carbocycles. The van der Waals surface area contributed by atoms with Gasteiger partial charge in [-0.1, -0.05) is 6.92 Å². The van der Waals surface area contributed by atoms with E-state index in [1.165, 1.54) is 10.4 Å². The maximum atomic E-state index is 4.74. The molecule has 0 amide bonds. The first-order valence-electron chi connectivity index (χ1n) is 7.14. The van der Waals surface area contributed by atoms with Gasteiger partial charge in [-0.05, 0) is 34.1 Å². The summed E-state index contributed by atoms with van der Waals surface area (Å²) in [6, 6.07) is 0.533. The molecule has 2 aromatic rings. The zero-order chi connectivity index (χ0) is 14.9. The molecule has 0 aliphatic rings. The number of hydrogen-bond donors (Lipinski definition) is 1. The number of rotatable bonds is 5. The van der Waals surface area contributed by atoms with Crippen LogP contribution in [0.4, 0.5) is 0 Å². The molecule has 1 atom stereocenters. The van der Waals surface area contributed by atoms with Gasteiger partial charge in [0, 0.05) is 29.7 Å². The van der Waals surface area contributed by atoms with E-state index in [1.807, 2.05) is 11.7 Å². The Hall–Kier alpha value is -1.20. The lowest BCUT2D eigenvalue weighted by Crippen LogP contribution is -2.29. The molecule has 0 spiro atoms. The molecule has 1 unspecified atom stereocenters. The van der Waals surface area contributed by atoms with Crippen LogP contribution in [-0.2, 0) is 13.5 Å². The summed E-state index contributed by atoms with van der Waals surface area (Å²) in [7, 11) is 1.98. The summed E-state index contributed by atoms with van der Waals surface area (Å²) in [5.41, 5.74) is 3.52. The van der Waals surface area contributed by atoms with E-state index in [4.69, 9.17) is 4.98 Å². The predicted molar refractivity (Wildman–Crippen MR) is 84.3 cm³/mol. The Labute approximate surface area is 125 Å². The van der Waals surface area contributed by atoms with Crippen LogP contribution < -0.4 is 5.32 Å². The third-order valence-corrected chi connectivity index (χ3v) is 4.51. The molecule has 2 rings (SSSR count). The molecule has 0 saturated heterocycles. The zero-order valence-electron chi connectivity index (χ0n) is 13.2. The lowest BCUT2D eigenvalue weighted by Gasteiger charge is -2.19. The van der Waals surface area contributed by atoms with Crippen LogP contribution in [0.2, 0.25) is 0 Å². The molecule has 110 valence electrons. The normalized spacial score (nSPS) is 13.2. The maximum absolute atomic E-state index is 4.74. The second-order valence-corrected chi connectivity index (χ2v) is 6.74. The fourth-order valence-electron chi connectivity index (χ4n) is 2.32. The molecule has 1 N–H and O–H groups in total. The SMILES string of the molecule is CCc1nn(C)cc1C(NC(C)C)c1nc(C)c(C)s1. The summed E-state index contributed by atoms with van der Waals surface area (Å²) in [6.07, 6.45) is 3.06. The van der Waals surface area contributed by atoms with E-state index in [1.54, 1.807) is 11.3 Å². The van der Waals surface area contributed by atoms with E-state index < -0.39 is 0 Å². The standard InChI is InChI=1S/C15H24N4S/c1-7-13-12(8-19(6)18-13)14(16-9(2)3)15-17-10(4)11(5)20-15/h8-9,14,16H,7H2,1-6H3. The highest BCUT2D eigenvalue weighted by Gasteiger charge is 2.23. The number of nitrogens with zero attached hydrogens (tertiary/aromatic N) is 3. The number of aromatic nitrogens is 3. The summed E-state index contributed by atoms with van der Waals surface area (Å²) in [5.74, 6) is 0. The van der Waals surface area contributed by atoms with Crippen molar-refractivity contribution >= 4 is 11.3 Å². The average molecular weight is 292 g/mol. The van der Waals surface area contributed by atoms with Gasteiger partial charge in [-0.3, -0.25) is 4.68 Å². The minimum Gasteiger partial charge on any atom is -0.302 e. The molecular formula is C15H24N4S. The van der Waals surface area contributed by atoms with E-state index in [9.17, 15) is 0 Å². The monoisotopic (exact) mass is 292 g/mol. The third kappa shape index (κ3) is 3.10. The summed E-state index contributed by atoms with van der Waals surface area (Å²) < 4.78 is 1.90. The predicted octanol–water partition coefficient (Wildman–Crippen LogP) is 3.14.